The molecule has 0 radical (unpaired) electrons. The molecule has 1 aromatic heterocycles. The van der Waals surface area contributed by atoms with Crippen molar-refractivity contribution in [3.8, 4) is 0 Å². The van der Waals surface area contributed by atoms with Crippen LogP contribution in [0.4, 0.5) is 13.2 Å². The van der Waals surface area contributed by atoms with Crippen LogP contribution in [0.2, 0.25) is 0 Å². The number of para-hydroxylation sites is 2. The van der Waals surface area contributed by atoms with E-state index in [1.807, 2.05) is 0 Å². The molecule has 23 heavy (non-hydrogen) atoms. The van der Waals surface area contributed by atoms with Gasteiger partial charge in [0.25, 0.3) is 0 Å². The summed E-state index contributed by atoms with van der Waals surface area (Å²) in [5.74, 6) is -0.948. The van der Waals surface area contributed by atoms with Gasteiger partial charge in [0.1, 0.15) is 0 Å². The first kappa shape index (κ1) is 16.3. The zero-order valence-electron chi connectivity index (χ0n) is 12.8. The highest BCUT2D eigenvalue weighted by Crippen LogP contribution is 2.31. The van der Waals surface area contributed by atoms with Crippen molar-refractivity contribution in [1.29, 1.82) is 0 Å². The number of aliphatic hydroxyl groups is 1. The summed E-state index contributed by atoms with van der Waals surface area (Å²) >= 11 is 0. The maximum Gasteiger partial charge on any atom is 0.449 e. The predicted molar refractivity (Wildman–Crippen MR) is 81.0 cm³/mol. The van der Waals surface area contributed by atoms with Gasteiger partial charge in [-0.15, -0.1) is 0 Å². The Kier molecular flexibility index (Phi) is 4.59. The number of fused-ring (bicyclic) bond motifs is 1. The summed E-state index contributed by atoms with van der Waals surface area (Å²) in [6, 6.07) is 6.49. The second kappa shape index (κ2) is 6.49. The number of likely N-dealkylation sites (tertiary alicyclic amines) is 1. The van der Waals surface area contributed by atoms with E-state index in [1.54, 1.807) is 24.3 Å². The Labute approximate surface area is 132 Å². The molecule has 1 saturated heterocycles. The van der Waals surface area contributed by atoms with Gasteiger partial charge in [0.2, 0.25) is 5.82 Å². The molecule has 1 aliphatic rings. The van der Waals surface area contributed by atoms with Gasteiger partial charge in [-0.25, -0.2) is 4.98 Å². The topological polar surface area (TPSA) is 41.3 Å². The quantitative estimate of drug-likeness (QED) is 0.939. The summed E-state index contributed by atoms with van der Waals surface area (Å²) in [5.41, 5.74) is 0.697. The molecule has 4 nitrogen and oxygen atoms in total. The van der Waals surface area contributed by atoms with Gasteiger partial charge in [-0.3, -0.25) is 0 Å². The number of imidazole rings is 1. The minimum absolute atomic E-state index is 0.105. The van der Waals surface area contributed by atoms with E-state index in [-0.39, 0.29) is 6.54 Å². The molecular weight excluding hydrogens is 307 g/mol. The van der Waals surface area contributed by atoms with E-state index in [0.717, 1.165) is 30.5 Å². The third-order valence-corrected chi connectivity index (χ3v) is 4.22. The largest absolute Gasteiger partial charge is 0.449 e. The van der Waals surface area contributed by atoms with E-state index < -0.39 is 18.1 Å². The van der Waals surface area contributed by atoms with Gasteiger partial charge in [0.15, 0.2) is 0 Å². The molecule has 0 spiro atoms. The number of piperidine rings is 1. The maximum atomic E-state index is 13.2. The monoisotopic (exact) mass is 327 g/mol. The highest BCUT2D eigenvalue weighted by atomic mass is 19.4. The molecule has 1 fully saturated rings. The second-order valence-electron chi connectivity index (χ2n) is 6.05. The average Bonchev–Trinajstić information content (AvgIpc) is 2.87. The van der Waals surface area contributed by atoms with Crippen molar-refractivity contribution in [3.63, 3.8) is 0 Å². The van der Waals surface area contributed by atoms with E-state index in [0.29, 0.717) is 17.6 Å². The molecule has 7 heteroatoms. The van der Waals surface area contributed by atoms with Crippen molar-refractivity contribution in [2.75, 3.05) is 19.6 Å². The van der Waals surface area contributed by atoms with Crippen LogP contribution in [0, 0.1) is 0 Å². The Morgan fingerprint density at radius 3 is 2.48 bits per heavy atom. The SMILES string of the molecule is O[C@@H](CN1CCCCC1)Cn1c(C(F)(F)F)nc2ccccc21. The normalized spacial score (nSPS) is 18.4. The van der Waals surface area contributed by atoms with Crippen molar-refractivity contribution in [2.45, 2.75) is 38.1 Å². The Balaban J connectivity index is 1.83. The summed E-state index contributed by atoms with van der Waals surface area (Å²) in [5, 5.41) is 10.3. The number of nitrogens with zero attached hydrogens (tertiary/aromatic N) is 3. The molecule has 1 aromatic carbocycles. The van der Waals surface area contributed by atoms with Crippen LogP contribution in [0.15, 0.2) is 24.3 Å². The van der Waals surface area contributed by atoms with Crippen molar-refractivity contribution < 1.29 is 18.3 Å². The molecule has 0 saturated carbocycles. The van der Waals surface area contributed by atoms with Gasteiger partial charge in [-0.2, -0.15) is 13.2 Å². The lowest BCUT2D eigenvalue weighted by Gasteiger charge is -2.28. The van der Waals surface area contributed by atoms with E-state index in [4.69, 9.17) is 0 Å². The molecule has 1 aliphatic heterocycles. The Hall–Kier alpha value is -1.60. The van der Waals surface area contributed by atoms with E-state index in [9.17, 15) is 18.3 Å². The van der Waals surface area contributed by atoms with Crippen LogP contribution in [0.1, 0.15) is 25.1 Å². The Morgan fingerprint density at radius 2 is 1.78 bits per heavy atom. The third kappa shape index (κ3) is 3.67. The van der Waals surface area contributed by atoms with Crippen molar-refractivity contribution in [3.05, 3.63) is 30.1 Å². The lowest BCUT2D eigenvalue weighted by Crippen LogP contribution is -2.38. The molecule has 0 aliphatic carbocycles. The number of halogens is 3. The van der Waals surface area contributed by atoms with E-state index in [1.165, 1.54) is 6.42 Å². The van der Waals surface area contributed by atoms with Gasteiger partial charge in [0.05, 0.1) is 23.7 Å². The summed E-state index contributed by atoms with van der Waals surface area (Å²) in [6.45, 7) is 2.08. The third-order valence-electron chi connectivity index (χ3n) is 4.22. The van der Waals surface area contributed by atoms with Crippen molar-refractivity contribution in [2.24, 2.45) is 0 Å². The number of β-amino-alcohol motifs (C(OH)–C–C–N with tert-alkyl or cyclic N) is 1. The fraction of sp³-hybridized carbons (Fsp3) is 0.562. The van der Waals surface area contributed by atoms with Gasteiger partial charge >= 0.3 is 6.18 Å². The second-order valence-corrected chi connectivity index (χ2v) is 6.05. The highest BCUT2D eigenvalue weighted by molar-refractivity contribution is 5.76. The van der Waals surface area contributed by atoms with Crippen LogP contribution in [0.5, 0.6) is 0 Å². The minimum Gasteiger partial charge on any atom is -0.390 e. The first-order chi connectivity index (χ1) is 10.9. The van der Waals surface area contributed by atoms with Crippen LogP contribution < -0.4 is 0 Å². The number of alkyl halides is 3. The summed E-state index contributed by atoms with van der Waals surface area (Å²) < 4.78 is 40.7. The molecular formula is C16H20F3N3O. The van der Waals surface area contributed by atoms with Gasteiger partial charge in [-0.1, -0.05) is 18.6 Å². The lowest BCUT2D eigenvalue weighted by atomic mass is 10.1. The molecule has 2 heterocycles. The Morgan fingerprint density at radius 1 is 1.09 bits per heavy atom. The highest BCUT2D eigenvalue weighted by Gasteiger charge is 2.38. The number of hydrogen-bond donors (Lipinski definition) is 1. The molecule has 0 amide bonds. The zero-order chi connectivity index (χ0) is 16.4. The maximum absolute atomic E-state index is 13.2. The molecule has 2 aromatic rings. The summed E-state index contributed by atoms with van der Waals surface area (Å²) in [6.07, 6.45) is -2.06. The number of aliphatic hydroxyl groups excluding tert-OH is 1. The first-order valence-corrected chi connectivity index (χ1v) is 7.88. The molecule has 0 unspecified atom stereocenters. The van der Waals surface area contributed by atoms with E-state index in [2.05, 4.69) is 9.88 Å². The molecule has 1 atom stereocenters. The number of benzene rings is 1. The fourth-order valence-corrected chi connectivity index (χ4v) is 3.19. The van der Waals surface area contributed by atoms with Crippen LogP contribution in [-0.4, -0.2) is 45.3 Å². The average molecular weight is 327 g/mol. The number of aromatic nitrogens is 2. The first-order valence-electron chi connectivity index (χ1n) is 7.88. The van der Waals surface area contributed by atoms with Gasteiger partial charge < -0.3 is 14.6 Å². The standard InChI is InChI=1S/C16H20F3N3O/c17-16(18,19)15-20-13-6-2-3-7-14(13)22(15)11-12(23)10-21-8-4-1-5-9-21/h2-3,6-7,12,23H,1,4-5,8-11H2/t12-/m0/s1. The van der Waals surface area contributed by atoms with Crippen LogP contribution in [0.3, 0.4) is 0 Å². The van der Waals surface area contributed by atoms with Crippen molar-refractivity contribution in [1.82, 2.24) is 14.5 Å². The molecule has 0 bridgehead atoms. The lowest BCUT2D eigenvalue weighted by molar-refractivity contribution is -0.147. The number of hydrogen-bond acceptors (Lipinski definition) is 3. The molecule has 126 valence electrons. The minimum atomic E-state index is -4.54. The summed E-state index contributed by atoms with van der Waals surface area (Å²) in [7, 11) is 0. The van der Waals surface area contributed by atoms with Gasteiger partial charge in [-0.05, 0) is 38.1 Å². The predicted octanol–water partition coefficient (Wildman–Crippen LogP) is 2.90. The number of rotatable bonds is 4. The summed E-state index contributed by atoms with van der Waals surface area (Å²) in [4.78, 5) is 5.81. The van der Waals surface area contributed by atoms with Crippen molar-refractivity contribution >= 4 is 11.0 Å². The smallest absolute Gasteiger partial charge is 0.390 e. The Bertz CT molecular complexity index is 662. The molecule has 1 N–H and O–H groups in total. The van der Waals surface area contributed by atoms with Gasteiger partial charge in [0, 0.05) is 6.54 Å². The zero-order valence-corrected chi connectivity index (χ0v) is 12.8. The van der Waals surface area contributed by atoms with Crippen LogP contribution in [-0.2, 0) is 12.7 Å². The van der Waals surface area contributed by atoms with Crippen LogP contribution >= 0.6 is 0 Å². The molecule has 3 rings (SSSR count). The van der Waals surface area contributed by atoms with E-state index >= 15 is 0 Å². The van der Waals surface area contributed by atoms with Crippen LogP contribution in [0.25, 0.3) is 11.0 Å². The fourth-order valence-electron chi connectivity index (χ4n) is 3.19.